The molecule has 186 valence electrons. The van der Waals surface area contributed by atoms with Crippen molar-refractivity contribution in [3.05, 3.63) is 76.8 Å². The monoisotopic (exact) mass is 465 g/mol. The molecule has 1 aliphatic rings. The van der Waals surface area contributed by atoms with E-state index >= 15 is 0 Å². The zero-order valence-electron chi connectivity index (χ0n) is 22.0. The Morgan fingerprint density at radius 1 is 1.15 bits per heavy atom. The number of hydrogen-bond acceptors (Lipinski definition) is 5. The molecule has 5 heteroatoms. The fourth-order valence-corrected chi connectivity index (χ4v) is 4.07. The molecule has 2 N–H and O–H groups in total. The molecule has 0 aliphatic heterocycles. The Labute approximate surface area is 206 Å². The van der Waals surface area contributed by atoms with Crippen LogP contribution in [0.4, 0.5) is 0 Å². The average Bonchev–Trinajstić information content (AvgIpc) is 3.23. The molecule has 34 heavy (non-hydrogen) atoms. The van der Waals surface area contributed by atoms with Crippen molar-refractivity contribution < 1.29 is 9.84 Å². The smallest absolute Gasteiger partial charge is 0.0924 e. The van der Waals surface area contributed by atoms with E-state index in [9.17, 15) is 5.11 Å². The minimum atomic E-state index is -0.346. The molecule has 0 aromatic heterocycles. The Balaban J connectivity index is 1.93. The largest absolute Gasteiger partial charge is 0.501 e. The highest BCUT2D eigenvalue weighted by Crippen LogP contribution is 2.27. The summed E-state index contributed by atoms with van der Waals surface area (Å²) in [5.74, 6) is 0.890. The second-order valence-electron chi connectivity index (χ2n) is 9.16. The van der Waals surface area contributed by atoms with Crippen molar-refractivity contribution in [2.75, 3.05) is 14.2 Å². The van der Waals surface area contributed by atoms with Crippen LogP contribution in [0, 0.1) is 0 Å². The third-order valence-corrected chi connectivity index (χ3v) is 6.68. The predicted octanol–water partition coefficient (Wildman–Crippen LogP) is 5.84. The van der Waals surface area contributed by atoms with Crippen LogP contribution in [-0.4, -0.2) is 48.6 Å². The number of aliphatic hydroxyl groups excluding tert-OH is 1. The molecule has 1 aromatic rings. The highest BCUT2D eigenvalue weighted by molar-refractivity contribution is 5.79. The number of aliphatic hydroxyl groups is 1. The number of rotatable bonds is 11. The van der Waals surface area contributed by atoms with Gasteiger partial charge in [-0.05, 0) is 75.3 Å². The third-order valence-electron chi connectivity index (χ3n) is 6.68. The molecule has 3 atom stereocenters. The summed E-state index contributed by atoms with van der Waals surface area (Å²) in [4.78, 5) is 6.56. The van der Waals surface area contributed by atoms with E-state index in [1.54, 1.807) is 7.11 Å². The first-order valence-corrected chi connectivity index (χ1v) is 12.2. The van der Waals surface area contributed by atoms with Crippen molar-refractivity contribution in [1.29, 1.82) is 0 Å². The van der Waals surface area contributed by atoms with Gasteiger partial charge < -0.3 is 20.1 Å². The van der Waals surface area contributed by atoms with Crippen LogP contribution in [0.15, 0.2) is 70.7 Å². The molecule has 0 spiro atoms. The van der Waals surface area contributed by atoms with Gasteiger partial charge in [-0.1, -0.05) is 43.3 Å². The van der Waals surface area contributed by atoms with Crippen LogP contribution in [0.2, 0.25) is 0 Å². The minimum Gasteiger partial charge on any atom is -0.501 e. The van der Waals surface area contributed by atoms with E-state index in [1.165, 1.54) is 16.7 Å². The number of benzene rings is 1. The van der Waals surface area contributed by atoms with Crippen LogP contribution in [0.5, 0.6) is 0 Å². The molecule has 5 nitrogen and oxygen atoms in total. The molecular weight excluding hydrogens is 422 g/mol. The summed E-state index contributed by atoms with van der Waals surface area (Å²) in [7, 11) is 3.75. The summed E-state index contributed by atoms with van der Waals surface area (Å²) < 4.78 is 5.19. The molecule has 3 unspecified atom stereocenters. The fraction of sp³-hybridized carbons (Fsp3) is 0.483. The summed E-state index contributed by atoms with van der Waals surface area (Å²) in [6.07, 6.45) is 12.1. The van der Waals surface area contributed by atoms with E-state index in [4.69, 9.17) is 4.74 Å². The molecule has 0 amide bonds. The van der Waals surface area contributed by atoms with Crippen molar-refractivity contribution in [2.24, 2.45) is 4.99 Å². The van der Waals surface area contributed by atoms with Gasteiger partial charge in [0.05, 0.1) is 25.0 Å². The Bertz CT molecular complexity index is 925. The first-order chi connectivity index (χ1) is 16.3. The number of methoxy groups -OCH3 is 1. The van der Waals surface area contributed by atoms with Crippen LogP contribution in [-0.2, 0) is 11.3 Å². The summed E-state index contributed by atoms with van der Waals surface area (Å²) in [5, 5.41) is 14.4. The SMILES string of the molecule is CC/C=C/N=C/C(C)=C(\C)N(C)C1CC(NCc2ccc(/C(C)=C/C=C(\C)OC)cc2)CC1O. The summed E-state index contributed by atoms with van der Waals surface area (Å²) in [5.41, 5.74) is 5.91. The van der Waals surface area contributed by atoms with Crippen LogP contribution < -0.4 is 5.32 Å². The minimum absolute atomic E-state index is 0.103. The van der Waals surface area contributed by atoms with E-state index in [0.717, 1.165) is 42.8 Å². The Morgan fingerprint density at radius 3 is 2.50 bits per heavy atom. The van der Waals surface area contributed by atoms with E-state index in [1.807, 2.05) is 31.5 Å². The lowest BCUT2D eigenvalue weighted by molar-refractivity contribution is 0.103. The lowest BCUT2D eigenvalue weighted by atomic mass is 10.0. The second-order valence-corrected chi connectivity index (χ2v) is 9.16. The van der Waals surface area contributed by atoms with Gasteiger partial charge in [-0.25, -0.2) is 0 Å². The van der Waals surface area contributed by atoms with Gasteiger partial charge in [-0.15, -0.1) is 0 Å². The Morgan fingerprint density at radius 2 is 1.85 bits per heavy atom. The molecule has 1 saturated carbocycles. The number of aliphatic imine (C=N–C) groups is 1. The van der Waals surface area contributed by atoms with E-state index in [0.29, 0.717) is 6.04 Å². The van der Waals surface area contributed by atoms with Gasteiger partial charge in [0.2, 0.25) is 0 Å². The Hall–Kier alpha value is -2.63. The maximum Gasteiger partial charge on any atom is 0.0924 e. The van der Waals surface area contributed by atoms with Crippen molar-refractivity contribution in [3.8, 4) is 0 Å². The third kappa shape index (κ3) is 8.30. The van der Waals surface area contributed by atoms with Gasteiger partial charge in [0.1, 0.15) is 0 Å². The van der Waals surface area contributed by atoms with Crippen molar-refractivity contribution in [3.63, 3.8) is 0 Å². The van der Waals surface area contributed by atoms with E-state index in [-0.39, 0.29) is 12.1 Å². The van der Waals surface area contributed by atoms with Gasteiger partial charge in [-0.3, -0.25) is 4.99 Å². The van der Waals surface area contributed by atoms with Crippen molar-refractivity contribution in [2.45, 2.75) is 78.6 Å². The van der Waals surface area contributed by atoms with Gasteiger partial charge in [0.25, 0.3) is 0 Å². The van der Waals surface area contributed by atoms with E-state index in [2.05, 4.69) is 80.3 Å². The van der Waals surface area contributed by atoms with Crippen LogP contribution in [0.1, 0.15) is 65.0 Å². The van der Waals surface area contributed by atoms with Gasteiger partial charge in [0.15, 0.2) is 0 Å². The number of allylic oxidation sites excluding steroid dienone is 7. The lowest BCUT2D eigenvalue weighted by Crippen LogP contribution is -2.37. The predicted molar refractivity (Wildman–Crippen MR) is 145 cm³/mol. The highest BCUT2D eigenvalue weighted by atomic mass is 16.5. The standard InChI is InChI=1S/C29H43N3O2/c1-8-9-16-30-19-22(3)24(5)32(6)28-17-27(18-29(28)33)31-20-25-12-14-26(15-13-25)21(2)10-11-23(4)34-7/h9-16,19,27-29,31,33H,8,17-18,20H2,1-7H3/b16-9+,21-10+,23-11+,24-22+,30-19+. The van der Waals surface area contributed by atoms with E-state index < -0.39 is 0 Å². The van der Waals surface area contributed by atoms with Gasteiger partial charge >= 0.3 is 0 Å². The fourth-order valence-electron chi connectivity index (χ4n) is 4.07. The summed E-state index contributed by atoms with van der Waals surface area (Å²) in [6, 6.07) is 9.06. The molecule has 0 radical (unpaired) electrons. The van der Waals surface area contributed by atoms with Gasteiger partial charge in [0, 0.05) is 37.7 Å². The number of nitrogens with zero attached hydrogens (tertiary/aromatic N) is 2. The molecule has 1 aliphatic carbocycles. The molecule has 2 rings (SSSR count). The first-order valence-electron chi connectivity index (χ1n) is 12.2. The second kappa shape index (κ2) is 13.9. The molecule has 0 heterocycles. The molecule has 1 fully saturated rings. The molecule has 1 aromatic carbocycles. The highest BCUT2D eigenvalue weighted by Gasteiger charge is 2.35. The number of hydrogen-bond donors (Lipinski definition) is 2. The average molecular weight is 466 g/mol. The maximum atomic E-state index is 10.7. The van der Waals surface area contributed by atoms with Crippen LogP contribution >= 0.6 is 0 Å². The van der Waals surface area contributed by atoms with Crippen molar-refractivity contribution >= 4 is 11.8 Å². The van der Waals surface area contributed by atoms with Crippen LogP contribution in [0.3, 0.4) is 0 Å². The maximum absolute atomic E-state index is 10.7. The number of likely N-dealkylation sites (N-methyl/N-ethyl adjacent to an activating group) is 1. The quantitative estimate of drug-likeness (QED) is 0.245. The lowest BCUT2D eigenvalue weighted by Gasteiger charge is -2.30. The van der Waals surface area contributed by atoms with Gasteiger partial charge in [-0.2, -0.15) is 0 Å². The molecule has 0 bridgehead atoms. The molecular formula is C29H43N3O2. The van der Waals surface area contributed by atoms with Crippen molar-refractivity contribution in [1.82, 2.24) is 10.2 Å². The number of ether oxygens (including phenoxy) is 1. The molecule has 0 saturated heterocycles. The zero-order chi connectivity index (χ0) is 25.1. The normalized spacial score (nSPS) is 22.5. The summed E-state index contributed by atoms with van der Waals surface area (Å²) in [6.45, 7) is 11.1. The topological polar surface area (TPSA) is 57.1 Å². The Kier molecular flexibility index (Phi) is 11.3. The van der Waals surface area contributed by atoms with Crippen LogP contribution in [0.25, 0.3) is 5.57 Å². The zero-order valence-corrected chi connectivity index (χ0v) is 22.0. The summed E-state index contributed by atoms with van der Waals surface area (Å²) >= 11 is 0. The first kappa shape index (κ1) is 27.6. The number of nitrogens with one attached hydrogen (secondary N) is 1.